The molecule has 22 heteroatoms. The van der Waals surface area contributed by atoms with Gasteiger partial charge in [0, 0.05) is 50.0 Å². The van der Waals surface area contributed by atoms with E-state index < -0.39 is 65.5 Å². The lowest BCUT2D eigenvalue weighted by Crippen LogP contribution is -2.60. The number of piperazine rings is 1. The lowest BCUT2D eigenvalue weighted by atomic mass is 9.89. The van der Waals surface area contributed by atoms with Gasteiger partial charge in [-0.05, 0) is 82.4 Å². The molecule has 1 aromatic heterocycles. The van der Waals surface area contributed by atoms with Crippen LogP contribution in [0.4, 0.5) is 43.4 Å². The third kappa shape index (κ3) is 10.5. The summed E-state index contributed by atoms with van der Waals surface area (Å²) >= 11 is 5.65. The fourth-order valence-corrected chi connectivity index (χ4v) is 8.60. The Kier molecular flexibility index (Phi) is 14.4. The zero-order chi connectivity index (χ0) is 42.9. The first-order valence-electron chi connectivity index (χ1n) is 19.1. The number of carbonyl (C=O) groups is 4. The molecule has 3 aliphatic heterocycles. The van der Waals surface area contributed by atoms with Crippen molar-refractivity contribution < 1.29 is 50.3 Å². The fraction of sp³-hybridized carbons (Fsp3) is 0.553. The molecule has 1 aromatic carbocycles. The van der Waals surface area contributed by atoms with Crippen molar-refractivity contribution in [3.05, 3.63) is 47.8 Å². The molecule has 0 radical (unpaired) electrons. The number of amides is 4. The van der Waals surface area contributed by atoms with Crippen LogP contribution in [0.5, 0.6) is 0 Å². The van der Waals surface area contributed by atoms with Crippen molar-refractivity contribution in [2.24, 2.45) is 0 Å². The number of thiocarbonyl (C=S) groups is 1. The van der Waals surface area contributed by atoms with Gasteiger partial charge in [-0.3, -0.25) is 39.2 Å². The van der Waals surface area contributed by atoms with Gasteiger partial charge in [0.15, 0.2) is 10.8 Å². The molecule has 3 N–H and O–H groups in total. The van der Waals surface area contributed by atoms with Gasteiger partial charge in [0.25, 0.3) is 5.91 Å². The van der Waals surface area contributed by atoms with Crippen molar-refractivity contribution in [1.29, 1.82) is 5.26 Å². The summed E-state index contributed by atoms with van der Waals surface area (Å²) in [7, 11) is 0. The van der Waals surface area contributed by atoms with Crippen molar-refractivity contribution in [2.75, 3.05) is 54.9 Å². The van der Waals surface area contributed by atoms with Crippen LogP contribution in [0.15, 0.2) is 36.5 Å². The van der Waals surface area contributed by atoms with Crippen LogP contribution >= 0.6 is 24.6 Å². The molecular weight excluding hydrogens is 844 g/mol. The van der Waals surface area contributed by atoms with E-state index in [1.165, 1.54) is 6.07 Å². The van der Waals surface area contributed by atoms with Crippen molar-refractivity contribution in [1.82, 2.24) is 25.0 Å². The second-order valence-electron chi connectivity index (χ2n) is 15.5. The van der Waals surface area contributed by atoms with Crippen LogP contribution in [0.2, 0.25) is 0 Å². The van der Waals surface area contributed by atoms with Crippen molar-refractivity contribution in [3.63, 3.8) is 0 Å². The minimum Gasteiger partial charge on any atom is -0.377 e. The highest BCUT2D eigenvalue weighted by Gasteiger charge is 2.53. The first kappa shape index (κ1) is 46.4. The molecule has 60 heavy (non-hydrogen) atoms. The quantitative estimate of drug-likeness (QED) is 0.160. The van der Waals surface area contributed by atoms with Crippen LogP contribution in [0, 0.1) is 11.3 Å². The number of rotatable bonds is 11. The van der Waals surface area contributed by atoms with Crippen LogP contribution in [-0.2, 0) is 30.1 Å². The van der Waals surface area contributed by atoms with Crippen LogP contribution in [0.3, 0.4) is 0 Å². The van der Waals surface area contributed by atoms with Gasteiger partial charge < -0.3 is 20.3 Å². The number of ether oxygens (including phenoxy) is 1. The average Bonchev–Trinajstić information content (AvgIpc) is 3.34. The second-order valence-corrected chi connectivity index (χ2v) is 15.8. The molecule has 4 amide bonds. The Labute approximate surface area is 353 Å². The maximum absolute atomic E-state index is 14.3. The van der Waals surface area contributed by atoms with E-state index >= 15 is 0 Å². The molecule has 0 spiro atoms. The maximum Gasteiger partial charge on any atom is 0.419 e. The number of halogens is 7. The Morgan fingerprint density at radius 3 is 2.40 bits per heavy atom. The number of alkyl halides is 6. The van der Waals surface area contributed by atoms with Gasteiger partial charge in [-0.15, -0.1) is 12.4 Å². The largest absolute Gasteiger partial charge is 0.419 e. The van der Waals surface area contributed by atoms with Crippen molar-refractivity contribution in [2.45, 2.75) is 94.5 Å². The monoisotopic (exact) mass is 887 g/mol. The molecule has 1 aliphatic carbocycles. The third-order valence-corrected chi connectivity index (χ3v) is 11.4. The van der Waals surface area contributed by atoms with E-state index in [1.54, 1.807) is 47.9 Å². The van der Waals surface area contributed by atoms with E-state index in [0.29, 0.717) is 49.5 Å². The number of carbonyl (C=O) groups excluding carboxylic acids is 4. The number of aromatic nitrogens is 1. The van der Waals surface area contributed by atoms with E-state index in [9.17, 15) is 45.5 Å². The Bertz CT molecular complexity index is 2010. The Morgan fingerprint density at radius 1 is 1.05 bits per heavy atom. The number of hydrogen-bond donors (Lipinski definition) is 3. The molecule has 6 rings (SSSR count). The molecule has 3 saturated heterocycles. The van der Waals surface area contributed by atoms with E-state index in [2.05, 4.69) is 20.9 Å². The van der Waals surface area contributed by atoms with E-state index in [4.69, 9.17) is 22.2 Å². The van der Waals surface area contributed by atoms with Crippen LogP contribution < -0.4 is 20.9 Å². The summed E-state index contributed by atoms with van der Waals surface area (Å²) in [6.45, 7) is 3.06. The summed E-state index contributed by atoms with van der Waals surface area (Å²) in [4.78, 5) is 59.2. The van der Waals surface area contributed by atoms with Crippen LogP contribution in [0.1, 0.15) is 63.6 Å². The Balaban J connectivity index is 0.00000683. The maximum atomic E-state index is 14.3. The Hall–Kier alpha value is -4.62. The summed E-state index contributed by atoms with van der Waals surface area (Å²) in [6, 6.07) is 5.74. The third-order valence-electron chi connectivity index (χ3n) is 11.1. The average molecular weight is 888 g/mol. The lowest BCUT2D eigenvalue weighted by molar-refractivity contribution is -0.197. The molecule has 1 unspecified atom stereocenters. The molecule has 2 aromatic rings. The van der Waals surface area contributed by atoms with E-state index in [1.807, 2.05) is 0 Å². The molecule has 2 atom stereocenters. The molecule has 4 aliphatic rings. The molecular formula is C38H44ClF6N9O5S. The minimum atomic E-state index is -4.88. The van der Waals surface area contributed by atoms with Crippen LogP contribution in [-0.4, -0.2) is 124 Å². The van der Waals surface area contributed by atoms with Gasteiger partial charge in [-0.25, -0.2) is 4.98 Å². The lowest BCUT2D eigenvalue weighted by Gasteiger charge is -2.42. The summed E-state index contributed by atoms with van der Waals surface area (Å²) in [5.74, 6) is -2.00. The number of piperidine rings is 1. The van der Waals surface area contributed by atoms with Gasteiger partial charge in [0.1, 0.15) is 23.7 Å². The van der Waals surface area contributed by atoms with Gasteiger partial charge in [0.05, 0.1) is 36.7 Å². The Morgan fingerprint density at radius 2 is 1.75 bits per heavy atom. The number of imide groups is 1. The predicted octanol–water partition coefficient (Wildman–Crippen LogP) is 4.84. The van der Waals surface area contributed by atoms with Crippen LogP contribution in [0.25, 0.3) is 0 Å². The smallest absolute Gasteiger partial charge is 0.377 e. The molecule has 0 bridgehead atoms. The number of hydrogen-bond acceptors (Lipinski definition) is 11. The number of nitrogens with zero attached hydrogens (tertiary/aromatic N) is 6. The topological polar surface area (TPSA) is 163 Å². The predicted molar refractivity (Wildman–Crippen MR) is 212 cm³/mol. The highest BCUT2D eigenvalue weighted by molar-refractivity contribution is 7.80. The summed E-state index contributed by atoms with van der Waals surface area (Å²) < 4.78 is 90.0. The number of nitrogens with one attached hydrogen (secondary N) is 3. The normalized spacial score (nSPS) is 24.1. The van der Waals surface area contributed by atoms with E-state index in [0.717, 1.165) is 16.0 Å². The molecule has 326 valence electrons. The number of benzene rings is 1. The summed E-state index contributed by atoms with van der Waals surface area (Å²) in [5, 5.41) is 17.0. The fourth-order valence-electron chi connectivity index (χ4n) is 8.03. The zero-order valence-electron chi connectivity index (χ0n) is 32.6. The summed E-state index contributed by atoms with van der Waals surface area (Å²) in [5.41, 5.74) is -2.67. The molecule has 14 nitrogen and oxygen atoms in total. The standard InChI is InChI=1S/C38H43F6N9O5S.ClH/c1-36(2)34(57)52(25-17-27(37(39,40)41)29(18-45)46-19-25)35(59)53(36)24-6-8-26(9-7-24)58-15-14-50-12-13-51(30(20-50)38(42,43)44)21-32(55)48-23-5-3-4-22(16-23)47-28-10-11-31(54)49-33(28)56;/h3-5,16-17,19,24,26,28,30,47H,6-15,20-21H2,1-2H3,(H,48,55)(H,49,54,56);1H/t24?,26?,28?,30-;/m1./s1. The first-order chi connectivity index (χ1) is 27.8. The zero-order valence-corrected chi connectivity index (χ0v) is 34.2. The highest BCUT2D eigenvalue weighted by atomic mass is 35.5. The second kappa shape index (κ2) is 18.6. The minimum absolute atomic E-state index is 0. The van der Waals surface area contributed by atoms with Gasteiger partial charge in [-0.2, -0.15) is 31.6 Å². The van der Waals surface area contributed by atoms with Gasteiger partial charge >= 0.3 is 12.4 Å². The van der Waals surface area contributed by atoms with Gasteiger partial charge in [0.2, 0.25) is 17.7 Å². The molecule has 4 fully saturated rings. The number of pyridine rings is 1. The number of anilines is 3. The summed E-state index contributed by atoms with van der Waals surface area (Å²) in [6.07, 6.45) is -6.05. The SMILES string of the molecule is CC1(C)C(=O)N(c2cnc(C#N)c(C(F)(F)F)c2)C(=S)N1C1CCC(OCCN2CCN(CC(=O)Nc3cccc(NC4CCC(=O)NC4=O)c3)[C@@H](C(F)(F)F)C2)CC1.Cl. The molecule has 4 heterocycles. The van der Waals surface area contributed by atoms with Gasteiger partial charge in [-0.1, -0.05) is 6.07 Å². The van der Waals surface area contributed by atoms with Crippen molar-refractivity contribution in [3.8, 4) is 6.07 Å². The number of nitriles is 1. The molecule has 1 saturated carbocycles. The van der Waals surface area contributed by atoms with E-state index in [-0.39, 0.29) is 80.5 Å². The van der Waals surface area contributed by atoms with Crippen molar-refractivity contribution >= 4 is 70.4 Å². The highest BCUT2D eigenvalue weighted by Crippen LogP contribution is 2.40. The first-order valence-corrected chi connectivity index (χ1v) is 19.5.